The average molecular weight is 443 g/mol. The number of carbonyl (C=O) groups is 2. The van der Waals surface area contributed by atoms with Crippen LogP contribution < -0.4 is 9.80 Å². The molecule has 1 aliphatic heterocycles. The highest BCUT2D eigenvalue weighted by molar-refractivity contribution is 8.04. The SMILES string of the molecule is CCN(C1=C(Sc2ccc(C)cc2)C(=O)N(c2cc(C)ccc2C)C1=O)c1ccccc1. The third kappa shape index (κ3) is 4.08. The van der Waals surface area contributed by atoms with E-state index < -0.39 is 0 Å². The van der Waals surface area contributed by atoms with E-state index in [1.807, 2.05) is 105 Å². The number of para-hydroxylation sites is 1. The van der Waals surface area contributed by atoms with E-state index in [1.165, 1.54) is 16.7 Å². The number of likely N-dealkylation sites (N-methyl/N-ethyl adjacent to an activating group) is 1. The van der Waals surface area contributed by atoms with Crippen LogP contribution in [0.3, 0.4) is 0 Å². The summed E-state index contributed by atoms with van der Waals surface area (Å²) in [5.41, 5.74) is 4.99. The summed E-state index contributed by atoms with van der Waals surface area (Å²) in [4.78, 5) is 32.2. The van der Waals surface area contributed by atoms with Crippen LogP contribution in [-0.4, -0.2) is 18.4 Å². The highest BCUT2D eigenvalue weighted by atomic mass is 32.2. The van der Waals surface area contributed by atoms with E-state index >= 15 is 0 Å². The van der Waals surface area contributed by atoms with E-state index in [0.29, 0.717) is 22.8 Å². The first-order chi connectivity index (χ1) is 15.4. The number of carbonyl (C=O) groups excluding carboxylic acids is 2. The molecule has 0 unspecified atom stereocenters. The van der Waals surface area contributed by atoms with Crippen molar-refractivity contribution in [3.8, 4) is 0 Å². The van der Waals surface area contributed by atoms with Crippen molar-refractivity contribution in [2.45, 2.75) is 32.6 Å². The minimum Gasteiger partial charge on any atom is -0.336 e. The third-order valence-electron chi connectivity index (χ3n) is 5.52. The Balaban J connectivity index is 1.85. The highest BCUT2D eigenvalue weighted by Gasteiger charge is 2.43. The number of benzene rings is 3. The molecule has 0 spiro atoms. The fourth-order valence-corrected chi connectivity index (χ4v) is 4.79. The molecule has 3 aromatic carbocycles. The van der Waals surface area contributed by atoms with E-state index in [2.05, 4.69) is 0 Å². The van der Waals surface area contributed by atoms with Gasteiger partial charge in [0.1, 0.15) is 10.6 Å². The Morgan fingerprint density at radius 1 is 0.812 bits per heavy atom. The predicted octanol–water partition coefficient (Wildman–Crippen LogP) is 6.02. The molecule has 5 heteroatoms. The maximum absolute atomic E-state index is 13.8. The Morgan fingerprint density at radius 3 is 2.12 bits per heavy atom. The summed E-state index contributed by atoms with van der Waals surface area (Å²) < 4.78 is 0. The van der Waals surface area contributed by atoms with E-state index in [9.17, 15) is 9.59 Å². The lowest BCUT2D eigenvalue weighted by atomic mass is 10.1. The molecule has 1 aliphatic rings. The average Bonchev–Trinajstić information content (AvgIpc) is 3.03. The second-order valence-electron chi connectivity index (χ2n) is 7.91. The minimum atomic E-state index is -0.288. The van der Waals surface area contributed by atoms with Gasteiger partial charge in [0.15, 0.2) is 0 Å². The van der Waals surface area contributed by atoms with E-state index in [-0.39, 0.29) is 11.8 Å². The number of nitrogens with zero attached hydrogens (tertiary/aromatic N) is 2. The molecule has 0 aliphatic carbocycles. The van der Waals surface area contributed by atoms with Crippen LogP contribution in [0.15, 0.2) is 88.3 Å². The van der Waals surface area contributed by atoms with Crippen LogP contribution in [0.25, 0.3) is 0 Å². The smallest absolute Gasteiger partial charge is 0.283 e. The molecule has 0 radical (unpaired) electrons. The molecule has 0 N–H and O–H groups in total. The van der Waals surface area contributed by atoms with Crippen LogP contribution in [0.4, 0.5) is 11.4 Å². The molecule has 3 aromatic rings. The quantitative estimate of drug-likeness (QED) is 0.438. The largest absolute Gasteiger partial charge is 0.336 e. The summed E-state index contributed by atoms with van der Waals surface area (Å²) >= 11 is 1.35. The summed E-state index contributed by atoms with van der Waals surface area (Å²) in [6.45, 7) is 8.48. The molecular weight excluding hydrogens is 416 g/mol. The maximum Gasteiger partial charge on any atom is 0.283 e. The topological polar surface area (TPSA) is 40.6 Å². The number of anilines is 2. The zero-order valence-corrected chi connectivity index (χ0v) is 19.6. The van der Waals surface area contributed by atoms with Gasteiger partial charge in [-0.3, -0.25) is 9.59 Å². The van der Waals surface area contributed by atoms with Crippen LogP contribution in [0.2, 0.25) is 0 Å². The molecule has 1 heterocycles. The first-order valence-electron chi connectivity index (χ1n) is 10.7. The van der Waals surface area contributed by atoms with Gasteiger partial charge in [-0.15, -0.1) is 0 Å². The molecule has 4 rings (SSSR count). The lowest BCUT2D eigenvalue weighted by Gasteiger charge is -2.25. The van der Waals surface area contributed by atoms with Gasteiger partial charge in [-0.2, -0.15) is 0 Å². The van der Waals surface area contributed by atoms with Gasteiger partial charge >= 0.3 is 0 Å². The summed E-state index contributed by atoms with van der Waals surface area (Å²) in [6.07, 6.45) is 0. The Kier molecular flexibility index (Phi) is 6.19. The Morgan fingerprint density at radius 2 is 1.47 bits per heavy atom. The molecule has 0 fully saturated rings. The summed E-state index contributed by atoms with van der Waals surface area (Å²) in [5, 5.41) is 0. The molecule has 32 heavy (non-hydrogen) atoms. The molecule has 4 nitrogen and oxygen atoms in total. The molecule has 0 bridgehead atoms. The van der Waals surface area contributed by atoms with Gasteiger partial charge in [0.05, 0.1) is 5.69 Å². The Labute approximate surface area is 193 Å². The van der Waals surface area contributed by atoms with Crippen molar-refractivity contribution in [2.75, 3.05) is 16.3 Å². The number of amides is 2. The number of imide groups is 1. The standard InChI is InChI=1S/C27H26N2O2S/c1-5-28(21-9-7-6-8-10-21)24-25(32-22-15-12-18(2)13-16-22)27(31)29(26(24)30)23-17-19(3)11-14-20(23)4/h6-17H,5H2,1-4H3. The first kappa shape index (κ1) is 21.9. The molecule has 0 saturated carbocycles. The van der Waals surface area contributed by atoms with Crippen molar-refractivity contribution < 1.29 is 9.59 Å². The van der Waals surface area contributed by atoms with Crippen LogP contribution in [0, 0.1) is 20.8 Å². The highest BCUT2D eigenvalue weighted by Crippen LogP contribution is 2.40. The van der Waals surface area contributed by atoms with E-state index in [4.69, 9.17) is 0 Å². The Bertz CT molecular complexity index is 1200. The number of aryl methyl sites for hydroxylation is 3. The van der Waals surface area contributed by atoms with Crippen LogP contribution >= 0.6 is 11.8 Å². The first-order valence-corrected chi connectivity index (χ1v) is 11.5. The predicted molar refractivity (Wildman–Crippen MR) is 132 cm³/mol. The van der Waals surface area contributed by atoms with Crippen molar-refractivity contribution in [1.29, 1.82) is 0 Å². The molecule has 0 aromatic heterocycles. The second-order valence-corrected chi connectivity index (χ2v) is 8.99. The molecular formula is C27H26N2O2S. The fraction of sp³-hybridized carbons (Fsp3) is 0.185. The van der Waals surface area contributed by atoms with Crippen molar-refractivity contribution in [3.05, 3.63) is 100 Å². The van der Waals surface area contributed by atoms with Crippen molar-refractivity contribution in [2.24, 2.45) is 0 Å². The lowest BCUT2D eigenvalue weighted by Crippen LogP contribution is -2.35. The third-order valence-corrected chi connectivity index (χ3v) is 6.60. The van der Waals surface area contributed by atoms with Gasteiger partial charge in [-0.05, 0) is 69.2 Å². The Hall–Kier alpha value is -3.31. The normalized spacial score (nSPS) is 13.8. The van der Waals surface area contributed by atoms with Gasteiger partial charge in [0.2, 0.25) is 0 Å². The molecule has 2 amide bonds. The van der Waals surface area contributed by atoms with Crippen molar-refractivity contribution in [3.63, 3.8) is 0 Å². The van der Waals surface area contributed by atoms with E-state index in [1.54, 1.807) is 0 Å². The number of hydrogen-bond donors (Lipinski definition) is 0. The maximum atomic E-state index is 13.8. The monoisotopic (exact) mass is 442 g/mol. The van der Waals surface area contributed by atoms with Gasteiger partial charge in [-0.1, -0.05) is 59.8 Å². The van der Waals surface area contributed by atoms with Gasteiger partial charge < -0.3 is 4.90 Å². The molecule has 0 atom stereocenters. The molecule has 0 saturated heterocycles. The van der Waals surface area contributed by atoms with Crippen LogP contribution in [0.5, 0.6) is 0 Å². The summed E-state index contributed by atoms with van der Waals surface area (Å²) in [5.74, 6) is -0.567. The lowest BCUT2D eigenvalue weighted by molar-refractivity contribution is -0.120. The fourth-order valence-electron chi connectivity index (χ4n) is 3.81. The molecule has 162 valence electrons. The number of thioether (sulfide) groups is 1. The van der Waals surface area contributed by atoms with Gasteiger partial charge in [0, 0.05) is 17.1 Å². The summed E-state index contributed by atoms with van der Waals surface area (Å²) in [6, 6.07) is 23.6. The van der Waals surface area contributed by atoms with Crippen molar-refractivity contribution in [1.82, 2.24) is 0 Å². The van der Waals surface area contributed by atoms with Gasteiger partial charge in [0.25, 0.3) is 11.8 Å². The van der Waals surface area contributed by atoms with Gasteiger partial charge in [-0.25, -0.2) is 4.90 Å². The zero-order chi connectivity index (χ0) is 22.8. The van der Waals surface area contributed by atoms with Crippen LogP contribution in [0.1, 0.15) is 23.6 Å². The van der Waals surface area contributed by atoms with E-state index in [0.717, 1.165) is 27.3 Å². The van der Waals surface area contributed by atoms with Crippen LogP contribution in [-0.2, 0) is 9.59 Å². The minimum absolute atomic E-state index is 0.279. The number of rotatable bonds is 6. The van der Waals surface area contributed by atoms with Crippen molar-refractivity contribution >= 4 is 35.0 Å². The number of hydrogen-bond acceptors (Lipinski definition) is 4. The zero-order valence-electron chi connectivity index (χ0n) is 18.8. The summed E-state index contributed by atoms with van der Waals surface area (Å²) in [7, 11) is 0. The second kappa shape index (κ2) is 9.05.